The van der Waals surface area contributed by atoms with Gasteiger partial charge in [0.25, 0.3) is 0 Å². The predicted octanol–water partition coefficient (Wildman–Crippen LogP) is 2.35. The molecule has 0 aromatic heterocycles. The van der Waals surface area contributed by atoms with E-state index in [0.717, 1.165) is 24.8 Å². The first-order chi connectivity index (χ1) is 6.27. The van der Waals surface area contributed by atoms with E-state index in [4.69, 9.17) is 21.7 Å². The van der Waals surface area contributed by atoms with Crippen LogP contribution in [0.5, 0.6) is 0 Å². The number of allylic oxidation sites excluding steroid dienone is 1. The van der Waals surface area contributed by atoms with Crippen molar-refractivity contribution in [3.63, 3.8) is 0 Å². The predicted molar refractivity (Wildman–Crippen MR) is 54.5 cm³/mol. The highest BCUT2D eigenvalue weighted by Gasteiger charge is 2.34. The Morgan fingerprint density at radius 3 is 3.15 bits per heavy atom. The van der Waals surface area contributed by atoms with Gasteiger partial charge in [-0.25, -0.2) is 0 Å². The number of rotatable bonds is 0. The Morgan fingerprint density at radius 1 is 1.46 bits per heavy atom. The summed E-state index contributed by atoms with van der Waals surface area (Å²) >= 11 is 4.86. The second kappa shape index (κ2) is 3.50. The van der Waals surface area contributed by atoms with E-state index < -0.39 is 0 Å². The molecule has 2 aliphatic rings. The molecule has 13 heavy (non-hydrogen) atoms. The van der Waals surface area contributed by atoms with Crippen LogP contribution >= 0.6 is 12.2 Å². The SMILES string of the molecule is C=C1CCC/C=C\C2OC(=S)OC12. The van der Waals surface area contributed by atoms with Crippen molar-refractivity contribution in [2.45, 2.75) is 31.5 Å². The van der Waals surface area contributed by atoms with Gasteiger partial charge in [-0.1, -0.05) is 12.7 Å². The zero-order valence-electron chi connectivity index (χ0n) is 7.36. The van der Waals surface area contributed by atoms with Gasteiger partial charge in [0.05, 0.1) is 0 Å². The van der Waals surface area contributed by atoms with E-state index >= 15 is 0 Å². The zero-order chi connectivity index (χ0) is 9.26. The average Bonchev–Trinajstić information content (AvgIpc) is 2.43. The van der Waals surface area contributed by atoms with Crippen LogP contribution < -0.4 is 0 Å². The summed E-state index contributed by atoms with van der Waals surface area (Å²) in [5, 5.41) is 0.253. The van der Waals surface area contributed by atoms with E-state index in [1.165, 1.54) is 0 Å². The summed E-state index contributed by atoms with van der Waals surface area (Å²) in [4.78, 5) is 0. The standard InChI is InChI=1S/C10H12O2S/c1-7-5-3-2-4-6-8-9(7)12-10(13)11-8/h4,6,8-9H,1-3,5H2/b6-4-. The molecule has 1 heterocycles. The normalized spacial score (nSPS) is 35.4. The Labute approximate surface area is 83.2 Å². The monoisotopic (exact) mass is 196 g/mol. The molecule has 1 fully saturated rings. The van der Waals surface area contributed by atoms with Crippen molar-refractivity contribution in [3.8, 4) is 0 Å². The first-order valence-corrected chi connectivity index (χ1v) is 4.90. The molecular formula is C10H12O2S. The summed E-state index contributed by atoms with van der Waals surface area (Å²) in [5.74, 6) is 0. The van der Waals surface area contributed by atoms with Crippen LogP contribution in [0.25, 0.3) is 0 Å². The van der Waals surface area contributed by atoms with Gasteiger partial charge in [-0.2, -0.15) is 0 Å². The van der Waals surface area contributed by atoms with Crippen molar-refractivity contribution in [2.75, 3.05) is 0 Å². The van der Waals surface area contributed by atoms with Crippen LogP contribution in [0.15, 0.2) is 24.3 Å². The van der Waals surface area contributed by atoms with Crippen LogP contribution in [0, 0.1) is 0 Å². The minimum Gasteiger partial charge on any atom is -0.445 e. The molecule has 0 radical (unpaired) electrons. The maximum Gasteiger partial charge on any atom is 0.353 e. The number of ether oxygens (including phenoxy) is 2. The fourth-order valence-electron chi connectivity index (χ4n) is 1.65. The topological polar surface area (TPSA) is 18.5 Å². The van der Waals surface area contributed by atoms with Crippen LogP contribution in [0.3, 0.4) is 0 Å². The first kappa shape index (κ1) is 8.75. The summed E-state index contributed by atoms with van der Waals surface area (Å²) in [6, 6.07) is 0. The van der Waals surface area contributed by atoms with E-state index in [1.807, 2.05) is 6.08 Å². The Hall–Kier alpha value is -0.830. The molecule has 2 unspecified atom stereocenters. The van der Waals surface area contributed by atoms with Gasteiger partial charge in [-0.05, 0) is 30.9 Å². The van der Waals surface area contributed by atoms with Gasteiger partial charge in [0.2, 0.25) is 0 Å². The fourth-order valence-corrected chi connectivity index (χ4v) is 1.86. The highest BCUT2D eigenvalue weighted by molar-refractivity contribution is 7.79. The van der Waals surface area contributed by atoms with Gasteiger partial charge in [0, 0.05) is 12.2 Å². The number of thiocarbonyl (C=S) groups is 1. The number of fused-ring (bicyclic) bond motifs is 1. The van der Waals surface area contributed by atoms with Gasteiger partial charge in [0.15, 0.2) is 12.2 Å². The zero-order valence-corrected chi connectivity index (χ0v) is 8.18. The molecule has 0 aromatic carbocycles. The molecule has 0 aromatic rings. The molecule has 2 atom stereocenters. The van der Waals surface area contributed by atoms with E-state index in [0.29, 0.717) is 0 Å². The van der Waals surface area contributed by atoms with Crippen LogP contribution in [0.2, 0.25) is 0 Å². The van der Waals surface area contributed by atoms with Crippen LogP contribution in [0.1, 0.15) is 19.3 Å². The van der Waals surface area contributed by atoms with Gasteiger partial charge >= 0.3 is 5.24 Å². The summed E-state index contributed by atoms with van der Waals surface area (Å²) in [6.45, 7) is 3.99. The molecule has 2 rings (SSSR count). The van der Waals surface area contributed by atoms with Gasteiger partial charge in [-0.3, -0.25) is 0 Å². The Kier molecular flexibility index (Phi) is 2.36. The Morgan fingerprint density at radius 2 is 2.31 bits per heavy atom. The minimum atomic E-state index is -0.0518. The van der Waals surface area contributed by atoms with E-state index in [-0.39, 0.29) is 17.4 Å². The lowest BCUT2D eigenvalue weighted by atomic mass is 9.97. The Bertz CT molecular complexity index is 270. The molecule has 0 saturated carbocycles. The second-order valence-electron chi connectivity index (χ2n) is 3.35. The van der Waals surface area contributed by atoms with Crippen molar-refractivity contribution in [1.29, 1.82) is 0 Å². The van der Waals surface area contributed by atoms with Gasteiger partial charge < -0.3 is 9.47 Å². The molecule has 1 aliphatic carbocycles. The van der Waals surface area contributed by atoms with Crippen molar-refractivity contribution >= 4 is 17.5 Å². The van der Waals surface area contributed by atoms with Crippen LogP contribution in [-0.4, -0.2) is 17.4 Å². The lowest BCUT2D eigenvalue weighted by molar-refractivity contribution is 0.218. The average molecular weight is 196 g/mol. The van der Waals surface area contributed by atoms with Crippen molar-refractivity contribution in [1.82, 2.24) is 0 Å². The summed E-state index contributed by atoms with van der Waals surface area (Å²) < 4.78 is 10.7. The Balaban J connectivity index is 2.19. The van der Waals surface area contributed by atoms with Crippen molar-refractivity contribution < 1.29 is 9.47 Å². The van der Waals surface area contributed by atoms with E-state index in [9.17, 15) is 0 Å². The number of hydrogen-bond acceptors (Lipinski definition) is 3. The summed E-state index contributed by atoms with van der Waals surface area (Å²) in [6.07, 6.45) is 7.27. The maximum atomic E-state index is 5.37. The molecule has 0 bridgehead atoms. The molecule has 3 heteroatoms. The highest BCUT2D eigenvalue weighted by atomic mass is 32.1. The third-order valence-electron chi connectivity index (χ3n) is 2.35. The molecular weight excluding hydrogens is 184 g/mol. The number of hydrogen-bond donors (Lipinski definition) is 0. The molecule has 1 aliphatic heterocycles. The lowest BCUT2D eigenvalue weighted by Crippen LogP contribution is -2.23. The quantitative estimate of drug-likeness (QED) is 0.437. The second-order valence-corrected chi connectivity index (χ2v) is 3.68. The summed E-state index contributed by atoms with van der Waals surface area (Å²) in [5.41, 5.74) is 1.09. The van der Waals surface area contributed by atoms with Crippen molar-refractivity contribution in [3.05, 3.63) is 24.3 Å². The molecule has 1 saturated heterocycles. The van der Waals surface area contributed by atoms with Gasteiger partial charge in [0.1, 0.15) is 0 Å². The molecule has 0 amide bonds. The fraction of sp³-hybridized carbons (Fsp3) is 0.500. The minimum absolute atomic E-state index is 0.0414. The molecule has 0 N–H and O–H groups in total. The largest absolute Gasteiger partial charge is 0.445 e. The molecule has 0 spiro atoms. The molecule has 2 nitrogen and oxygen atoms in total. The lowest BCUT2D eigenvalue weighted by Gasteiger charge is -2.17. The molecule has 70 valence electrons. The third kappa shape index (κ3) is 1.75. The maximum absolute atomic E-state index is 5.37. The van der Waals surface area contributed by atoms with E-state index in [2.05, 4.69) is 12.7 Å². The van der Waals surface area contributed by atoms with Crippen molar-refractivity contribution in [2.24, 2.45) is 0 Å². The van der Waals surface area contributed by atoms with E-state index in [1.54, 1.807) is 0 Å². The summed E-state index contributed by atoms with van der Waals surface area (Å²) in [7, 11) is 0. The van der Waals surface area contributed by atoms with Crippen LogP contribution in [-0.2, 0) is 9.47 Å². The smallest absolute Gasteiger partial charge is 0.353 e. The van der Waals surface area contributed by atoms with Crippen LogP contribution in [0.4, 0.5) is 0 Å². The third-order valence-corrected chi connectivity index (χ3v) is 2.54. The van der Waals surface area contributed by atoms with Gasteiger partial charge in [-0.15, -0.1) is 0 Å². The highest BCUT2D eigenvalue weighted by Crippen LogP contribution is 2.27. The first-order valence-electron chi connectivity index (χ1n) is 4.49.